The average molecular weight is 316 g/mol. The standard InChI is InChI=1S/C15H16N4O2S/c1-4-10-11(5-2)22-19(3)13(14(10)21-16)15(20)18-12-8-6-7-9-17-12/h4-9H,1-2,16H2,3H3,(H,17,18,20). The molecule has 3 N–H and O–H groups in total. The molecular formula is C15H16N4O2S. The number of nitrogens with one attached hydrogen (secondary N) is 1. The normalized spacial score (nSPS) is 14.7. The molecule has 1 aromatic rings. The average Bonchev–Trinajstić information content (AvgIpc) is 2.54. The molecule has 7 heteroatoms. The molecule has 0 bridgehead atoms. The van der Waals surface area contributed by atoms with Crippen LogP contribution in [-0.4, -0.2) is 22.2 Å². The van der Waals surface area contributed by atoms with Gasteiger partial charge in [0.1, 0.15) is 5.82 Å². The van der Waals surface area contributed by atoms with Crippen LogP contribution in [-0.2, 0) is 9.63 Å². The van der Waals surface area contributed by atoms with Crippen LogP contribution in [0.4, 0.5) is 5.82 Å². The molecule has 2 heterocycles. The minimum absolute atomic E-state index is 0.236. The number of likely N-dealkylation sites (N-methyl/N-ethyl adjacent to an activating group) is 1. The lowest BCUT2D eigenvalue weighted by atomic mass is 10.1. The number of hydrogen-bond donors (Lipinski definition) is 2. The highest BCUT2D eigenvalue weighted by atomic mass is 32.2. The van der Waals surface area contributed by atoms with Crippen LogP contribution in [0.2, 0.25) is 0 Å². The van der Waals surface area contributed by atoms with E-state index in [2.05, 4.69) is 23.5 Å². The summed E-state index contributed by atoms with van der Waals surface area (Å²) in [6.45, 7) is 7.47. The third kappa shape index (κ3) is 3.05. The van der Waals surface area contributed by atoms with Gasteiger partial charge in [-0.2, -0.15) is 5.90 Å². The van der Waals surface area contributed by atoms with Crippen molar-refractivity contribution in [3.8, 4) is 0 Å². The Bertz CT molecular complexity index is 667. The molecule has 0 spiro atoms. The predicted molar refractivity (Wildman–Crippen MR) is 87.9 cm³/mol. The topological polar surface area (TPSA) is 80.5 Å². The number of carbonyl (C=O) groups excluding carboxylic acids is 1. The zero-order valence-electron chi connectivity index (χ0n) is 12.1. The maximum atomic E-state index is 12.5. The number of nitrogens with zero attached hydrogens (tertiary/aromatic N) is 2. The molecule has 2 rings (SSSR count). The lowest BCUT2D eigenvalue weighted by molar-refractivity contribution is -0.114. The minimum Gasteiger partial charge on any atom is -0.408 e. The van der Waals surface area contributed by atoms with Gasteiger partial charge in [-0.05, 0) is 24.1 Å². The number of allylic oxidation sites excluding steroid dienone is 2. The highest BCUT2D eigenvalue weighted by Crippen LogP contribution is 2.38. The molecule has 0 fully saturated rings. The summed E-state index contributed by atoms with van der Waals surface area (Å²) in [7, 11) is 1.74. The first kappa shape index (κ1) is 15.9. The fourth-order valence-electron chi connectivity index (χ4n) is 1.94. The second kappa shape index (κ2) is 6.97. The van der Waals surface area contributed by atoms with E-state index in [4.69, 9.17) is 10.7 Å². The molecule has 0 aromatic carbocycles. The second-order valence-electron chi connectivity index (χ2n) is 4.24. The van der Waals surface area contributed by atoms with E-state index < -0.39 is 0 Å². The Morgan fingerprint density at radius 3 is 2.77 bits per heavy atom. The number of amides is 1. The fourth-order valence-corrected chi connectivity index (χ4v) is 2.84. The SMILES string of the molecule is C=CC1=C(C=C)C(ON)=C(C(=O)Nc2ccccn2)N(C)S1. The van der Waals surface area contributed by atoms with Crippen molar-refractivity contribution in [2.45, 2.75) is 0 Å². The van der Waals surface area contributed by atoms with Gasteiger partial charge in [-0.1, -0.05) is 31.4 Å². The molecule has 6 nitrogen and oxygen atoms in total. The summed E-state index contributed by atoms with van der Waals surface area (Å²) >= 11 is 1.33. The summed E-state index contributed by atoms with van der Waals surface area (Å²) < 4.78 is 1.66. The van der Waals surface area contributed by atoms with Crippen molar-refractivity contribution in [3.63, 3.8) is 0 Å². The summed E-state index contributed by atoms with van der Waals surface area (Å²) in [6.07, 6.45) is 4.83. The molecule has 114 valence electrons. The van der Waals surface area contributed by atoms with Crippen LogP contribution >= 0.6 is 11.9 Å². The van der Waals surface area contributed by atoms with Crippen molar-refractivity contribution in [2.24, 2.45) is 5.90 Å². The van der Waals surface area contributed by atoms with Crippen LogP contribution in [0.5, 0.6) is 0 Å². The second-order valence-corrected chi connectivity index (χ2v) is 5.41. The van der Waals surface area contributed by atoms with Crippen LogP contribution in [0.15, 0.2) is 71.6 Å². The number of nitrogens with two attached hydrogens (primary N) is 1. The van der Waals surface area contributed by atoms with Crippen LogP contribution < -0.4 is 11.2 Å². The van der Waals surface area contributed by atoms with Gasteiger partial charge in [-0.25, -0.2) is 4.98 Å². The summed E-state index contributed by atoms with van der Waals surface area (Å²) in [5, 5.41) is 2.70. The van der Waals surface area contributed by atoms with Crippen molar-refractivity contribution in [1.82, 2.24) is 9.29 Å². The van der Waals surface area contributed by atoms with E-state index in [9.17, 15) is 4.79 Å². The highest BCUT2D eigenvalue weighted by molar-refractivity contribution is 8.01. The van der Waals surface area contributed by atoms with E-state index in [1.807, 2.05) is 0 Å². The number of hydrogen-bond acceptors (Lipinski definition) is 6. The zero-order chi connectivity index (χ0) is 16.1. The summed E-state index contributed by atoms with van der Waals surface area (Å²) in [4.78, 5) is 22.3. The van der Waals surface area contributed by atoms with Crippen molar-refractivity contribution in [2.75, 3.05) is 12.4 Å². The number of carbonyl (C=O) groups is 1. The summed E-state index contributed by atoms with van der Waals surface area (Å²) in [5.41, 5.74) is 0.894. The Balaban J connectivity index is 2.43. The molecule has 22 heavy (non-hydrogen) atoms. The van der Waals surface area contributed by atoms with E-state index in [-0.39, 0.29) is 17.4 Å². The lowest BCUT2D eigenvalue weighted by Crippen LogP contribution is -2.29. The van der Waals surface area contributed by atoms with Gasteiger partial charge in [0, 0.05) is 23.7 Å². The van der Waals surface area contributed by atoms with E-state index in [1.165, 1.54) is 11.9 Å². The first-order valence-corrected chi connectivity index (χ1v) is 7.14. The molecule has 0 aliphatic carbocycles. The van der Waals surface area contributed by atoms with E-state index in [0.717, 1.165) is 4.91 Å². The van der Waals surface area contributed by atoms with Crippen LogP contribution in [0.3, 0.4) is 0 Å². The molecule has 1 aliphatic rings. The van der Waals surface area contributed by atoms with Crippen molar-refractivity contribution in [1.29, 1.82) is 0 Å². The van der Waals surface area contributed by atoms with Gasteiger partial charge in [0.2, 0.25) is 0 Å². The monoisotopic (exact) mass is 316 g/mol. The molecule has 0 saturated carbocycles. The predicted octanol–water partition coefficient (Wildman–Crippen LogP) is 2.34. The Morgan fingerprint density at radius 1 is 1.45 bits per heavy atom. The molecule has 0 atom stereocenters. The van der Waals surface area contributed by atoms with Crippen molar-refractivity contribution in [3.05, 3.63) is 71.6 Å². The van der Waals surface area contributed by atoms with Crippen LogP contribution in [0, 0.1) is 0 Å². The van der Waals surface area contributed by atoms with Gasteiger partial charge < -0.3 is 14.5 Å². The Hall–Kier alpha value is -2.51. The van der Waals surface area contributed by atoms with Crippen LogP contribution in [0.25, 0.3) is 0 Å². The molecule has 1 amide bonds. The largest absolute Gasteiger partial charge is 0.408 e. The molecule has 0 radical (unpaired) electrons. The quantitative estimate of drug-likeness (QED) is 0.641. The fraction of sp³-hybridized carbons (Fsp3) is 0.0667. The van der Waals surface area contributed by atoms with Crippen molar-refractivity contribution >= 4 is 23.7 Å². The first-order chi connectivity index (χ1) is 10.6. The molecular weight excluding hydrogens is 300 g/mol. The van der Waals surface area contributed by atoms with Crippen molar-refractivity contribution < 1.29 is 9.63 Å². The van der Waals surface area contributed by atoms with Crippen LogP contribution in [0.1, 0.15) is 0 Å². The van der Waals surface area contributed by atoms with E-state index in [1.54, 1.807) is 47.9 Å². The third-order valence-electron chi connectivity index (χ3n) is 2.90. The lowest BCUT2D eigenvalue weighted by Gasteiger charge is -2.28. The van der Waals surface area contributed by atoms with Gasteiger partial charge in [0.15, 0.2) is 11.5 Å². The number of pyridine rings is 1. The molecule has 1 aliphatic heterocycles. The first-order valence-electron chi connectivity index (χ1n) is 6.37. The smallest absolute Gasteiger partial charge is 0.277 e. The number of aromatic nitrogens is 1. The third-order valence-corrected chi connectivity index (χ3v) is 3.94. The highest BCUT2D eigenvalue weighted by Gasteiger charge is 2.30. The summed E-state index contributed by atoms with van der Waals surface area (Å²) in [6, 6.07) is 5.24. The summed E-state index contributed by atoms with van der Waals surface area (Å²) in [5.74, 6) is 5.66. The molecule has 1 aromatic heterocycles. The van der Waals surface area contributed by atoms with Gasteiger partial charge in [0.25, 0.3) is 5.91 Å². The zero-order valence-corrected chi connectivity index (χ0v) is 12.9. The van der Waals surface area contributed by atoms with Gasteiger partial charge in [-0.3, -0.25) is 4.79 Å². The molecule has 0 unspecified atom stereocenters. The maximum Gasteiger partial charge on any atom is 0.277 e. The maximum absolute atomic E-state index is 12.5. The Labute approximate surface area is 133 Å². The van der Waals surface area contributed by atoms with E-state index >= 15 is 0 Å². The van der Waals surface area contributed by atoms with E-state index in [0.29, 0.717) is 11.4 Å². The Kier molecular flexibility index (Phi) is 5.03. The Morgan fingerprint density at radius 2 is 2.23 bits per heavy atom. The van der Waals surface area contributed by atoms with Gasteiger partial charge in [0.05, 0.1) is 0 Å². The van der Waals surface area contributed by atoms with Gasteiger partial charge in [-0.15, -0.1) is 0 Å². The molecule has 0 saturated heterocycles. The number of rotatable bonds is 5. The minimum atomic E-state index is -0.378. The number of anilines is 1. The van der Waals surface area contributed by atoms with Gasteiger partial charge >= 0.3 is 0 Å².